The molecule has 0 heterocycles. The third-order valence-corrected chi connectivity index (χ3v) is 1.97. The van der Waals surface area contributed by atoms with Crippen molar-refractivity contribution in [1.82, 2.24) is 5.32 Å². The number of ether oxygens (including phenoxy) is 1. The summed E-state index contributed by atoms with van der Waals surface area (Å²) >= 11 is 5.84. The number of hydrogen-bond acceptors (Lipinski definition) is 3. The molecule has 1 aromatic rings. The number of rotatable bonds is 5. The van der Waals surface area contributed by atoms with Gasteiger partial charge in [-0.25, -0.2) is 0 Å². The summed E-state index contributed by atoms with van der Waals surface area (Å²) in [6.07, 6.45) is 0. The smallest absolute Gasteiger partial charge is 0.245 e. The van der Waals surface area contributed by atoms with E-state index in [1.165, 1.54) is 0 Å². The molecule has 0 aliphatic carbocycles. The molecule has 0 unspecified atom stereocenters. The lowest BCUT2D eigenvalue weighted by molar-refractivity contribution is -0.123. The van der Waals surface area contributed by atoms with Gasteiger partial charge in [-0.15, -0.1) is 0 Å². The van der Waals surface area contributed by atoms with Gasteiger partial charge in [-0.3, -0.25) is 4.79 Å². The van der Waals surface area contributed by atoms with Crippen molar-refractivity contribution >= 4 is 17.5 Å². The molecular formula is C10H12ClNO3. The third-order valence-electron chi connectivity index (χ3n) is 1.66. The highest BCUT2D eigenvalue weighted by atomic mass is 35.5. The molecule has 1 amide bonds. The van der Waals surface area contributed by atoms with E-state index < -0.39 is 12.5 Å². The van der Waals surface area contributed by atoms with Crippen molar-refractivity contribution in [3.8, 4) is 5.75 Å². The molecule has 15 heavy (non-hydrogen) atoms. The van der Waals surface area contributed by atoms with E-state index in [0.717, 1.165) is 0 Å². The summed E-state index contributed by atoms with van der Waals surface area (Å²) in [6.45, 7) is 0.145. The van der Waals surface area contributed by atoms with E-state index in [0.29, 0.717) is 23.9 Å². The summed E-state index contributed by atoms with van der Waals surface area (Å²) in [6, 6.07) is 7.09. The van der Waals surface area contributed by atoms with E-state index in [1.807, 2.05) is 12.1 Å². The number of halogens is 1. The highest BCUT2D eigenvalue weighted by Crippen LogP contribution is 2.22. The molecular weight excluding hydrogens is 218 g/mol. The maximum Gasteiger partial charge on any atom is 0.245 e. The fourth-order valence-electron chi connectivity index (χ4n) is 0.969. The summed E-state index contributed by atoms with van der Waals surface area (Å²) < 4.78 is 5.30. The van der Waals surface area contributed by atoms with E-state index in [4.69, 9.17) is 21.4 Å². The van der Waals surface area contributed by atoms with E-state index in [1.54, 1.807) is 12.1 Å². The summed E-state index contributed by atoms with van der Waals surface area (Å²) in [5, 5.41) is 11.4. The Hall–Kier alpha value is -1.26. The van der Waals surface area contributed by atoms with Crippen LogP contribution in [0.2, 0.25) is 5.02 Å². The molecule has 0 saturated carbocycles. The van der Waals surface area contributed by atoms with Gasteiger partial charge in [0.2, 0.25) is 5.91 Å². The minimum atomic E-state index is -0.508. The van der Waals surface area contributed by atoms with E-state index in [9.17, 15) is 4.79 Å². The van der Waals surface area contributed by atoms with Crippen molar-refractivity contribution in [2.75, 3.05) is 19.8 Å². The van der Waals surface area contributed by atoms with Crippen LogP contribution in [0, 0.1) is 0 Å². The van der Waals surface area contributed by atoms with Crippen LogP contribution >= 0.6 is 11.6 Å². The Morgan fingerprint density at radius 1 is 1.47 bits per heavy atom. The molecule has 5 heteroatoms. The standard InChI is InChI=1S/C10H12ClNO3/c11-8-3-1-2-4-9(8)15-6-5-12-10(14)7-13/h1-4,13H,5-7H2,(H,12,14). The van der Waals surface area contributed by atoms with Gasteiger partial charge in [-0.05, 0) is 12.1 Å². The zero-order valence-electron chi connectivity index (χ0n) is 8.07. The van der Waals surface area contributed by atoms with Gasteiger partial charge in [0.05, 0.1) is 11.6 Å². The predicted molar refractivity (Wildman–Crippen MR) is 57.0 cm³/mol. The zero-order chi connectivity index (χ0) is 11.1. The zero-order valence-corrected chi connectivity index (χ0v) is 8.83. The number of benzene rings is 1. The number of para-hydroxylation sites is 1. The Morgan fingerprint density at radius 3 is 2.87 bits per heavy atom. The lowest BCUT2D eigenvalue weighted by atomic mass is 10.3. The Morgan fingerprint density at radius 2 is 2.20 bits per heavy atom. The van der Waals surface area contributed by atoms with E-state index >= 15 is 0 Å². The van der Waals surface area contributed by atoms with Gasteiger partial charge in [0.25, 0.3) is 0 Å². The van der Waals surface area contributed by atoms with Crippen molar-refractivity contribution in [2.24, 2.45) is 0 Å². The van der Waals surface area contributed by atoms with Crippen molar-refractivity contribution in [1.29, 1.82) is 0 Å². The number of hydrogen-bond donors (Lipinski definition) is 2. The largest absolute Gasteiger partial charge is 0.490 e. The number of amides is 1. The molecule has 0 aliphatic rings. The van der Waals surface area contributed by atoms with Crippen LogP contribution in [0.1, 0.15) is 0 Å². The van der Waals surface area contributed by atoms with Crippen molar-refractivity contribution < 1.29 is 14.6 Å². The van der Waals surface area contributed by atoms with Crippen LogP contribution in [0.3, 0.4) is 0 Å². The molecule has 0 spiro atoms. The predicted octanol–water partition coefficient (Wildman–Crippen LogP) is 0.827. The Labute approximate surface area is 92.8 Å². The maximum absolute atomic E-state index is 10.6. The fourth-order valence-corrected chi connectivity index (χ4v) is 1.16. The highest BCUT2D eigenvalue weighted by Gasteiger charge is 2.00. The molecule has 0 radical (unpaired) electrons. The molecule has 0 aromatic heterocycles. The maximum atomic E-state index is 10.6. The first-order valence-electron chi connectivity index (χ1n) is 4.49. The molecule has 0 fully saturated rings. The van der Waals surface area contributed by atoms with Crippen LogP contribution in [-0.4, -0.2) is 30.8 Å². The topological polar surface area (TPSA) is 58.6 Å². The van der Waals surface area contributed by atoms with Gasteiger partial charge in [0.1, 0.15) is 19.0 Å². The third kappa shape index (κ3) is 4.18. The van der Waals surface area contributed by atoms with Gasteiger partial charge in [0, 0.05) is 0 Å². The number of carbonyl (C=O) groups excluding carboxylic acids is 1. The Bertz CT molecular complexity index is 330. The number of carbonyl (C=O) groups is 1. The summed E-state index contributed by atoms with van der Waals surface area (Å²) in [7, 11) is 0. The molecule has 0 saturated heterocycles. The van der Waals surface area contributed by atoms with Crippen molar-refractivity contribution in [3.63, 3.8) is 0 Å². The average Bonchev–Trinajstić information content (AvgIpc) is 2.26. The quantitative estimate of drug-likeness (QED) is 0.736. The van der Waals surface area contributed by atoms with Crippen LogP contribution in [0.15, 0.2) is 24.3 Å². The second kappa shape index (κ2) is 6.27. The van der Waals surface area contributed by atoms with Crippen LogP contribution in [-0.2, 0) is 4.79 Å². The van der Waals surface area contributed by atoms with Crippen molar-refractivity contribution in [3.05, 3.63) is 29.3 Å². The molecule has 2 N–H and O–H groups in total. The van der Waals surface area contributed by atoms with E-state index in [2.05, 4.69) is 5.32 Å². The number of aliphatic hydroxyl groups excluding tert-OH is 1. The van der Waals surface area contributed by atoms with Gasteiger partial charge < -0.3 is 15.2 Å². The molecule has 1 rings (SSSR count). The summed E-state index contributed by atoms with van der Waals surface area (Å²) in [4.78, 5) is 10.6. The second-order valence-electron chi connectivity index (χ2n) is 2.79. The van der Waals surface area contributed by atoms with Crippen LogP contribution in [0.4, 0.5) is 0 Å². The Balaban J connectivity index is 2.26. The average molecular weight is 230 g/mol. The molecule has 0 atom stereocenters. The molecule has 0 aliphatic heterocycles. The van der Waals surface area contributed by atoms with Gasteiger partial charge in [-0.2, -0.15) is 0 Å². The molecule has 1 aromatic carbocycles. The SMILES string of the molecule is O=C(CO)NCCOc1ccccc1Cl. The van der Waals surface area contributed by atoms with Gasteiger partial charge >= 0.3 is 0 Å². The lowest BCUT2D eigenvalue weighted by Gasteiger charge is -2.07. The first-order valence-corrected chi connectivity index (χ1v) is 4.86. The van der Waals surface area contributed by atoms with Crippen LogP contribution in [0.25, 0.3) is 0 Å². The monoisotopic (exact) mass is 229 g/mol. The van der Waals surface area contributed by atoms with Crippen molar-refractivity contribution in [2.45, 2.75) is 0 Å². The van der Waals surface area contributed by atoms with Gasteiger partial charge in [-0.1, -0.05) is 23.7 Å². The number of aliphatic hydroxyl groups is 1. The lowest BCUT2D eigenvalue weighted by Crippen LogP contribution is -2.30. The molecule has 82 valence electrons. The summed E-state index contributed by atoms with van der Waals surface area (Å²) in [5.41, 5.74) is 0. The summed E-state index contributed by atoms with van der Waals surface area (Å²) in [5.74, 6) is 0.162. The molecule has 4 nitrogen and oxygen atoms in total. The molecule has 0 bridgehead atoms. The van der Waals surface area contributed by atoms with Gasteiger partial charge in [0.15, 0.2) is 0 Å². The minimum Gasteiger partial charge on any atom is -0.490 e. The Kier molecular flexibility index (Phi) is 4.93. The minimum absolute atomic E-state index is 0.315. The van der Waals surface area contributed by atoms with Crippen LogP contribution in [0.5, 0.6) is 5.75 Å². The first kappa shape index (κ1) is 11.8. The normalized spacial score (nSPS) is 9.73. The van der Waals surface area contributed by atoms with E-state index in [-0.39, 0.29) is 0 Å². The fraction of sp³-hybridized carbons (Fsp3) is 0.300. The number of nitrogens with one attached hydrogen (secondary N) is 1. The highest BCUT2D eigenvalue weighted by molar-refractivity contribution is 6.32. The first-order chi connectivity index (χ1) is 7.24. The second-order valence-corrected chi connectivity index (χ2v) is 3.19. The van der Waals surface area contributed by atoms with Crippen LogP contribution < -0.4 is 10.1 Å².